The molecule has 0 radical (unpaired) electrons. The van der Waals surface area contributed by atoms with E-state index >= 15 is 0 Å². The molecule has 0 amide bonds. The normalized spacial score (nSPS) is 27.9. The first-order valence-corrected chi connectivity index (χ1v) is 28.5. The number of hydrogen-bond acceptors (Lipinski definition) is 3. The second-order valence-corrected chi connectivity index (χ2v) is 34.3. The van der Waals surface area contributed by atoms with Crippen LogP contribution >= 0.6 is 0 Å². The zero-order valence-electron chi connectivity index (χ0n) is 34.6. The van der Waals surface area contributed by atoms with E-state index in [-0.39, 0.29) is 33.3 Å². The molecule has 0 heterocycles. The van der Waals surface area contributed by atoms with Crippen molar-refractivity contribution in [2.75, 3.05) is 0 Å². The maximum atomic E-state index is 7.10. The zero-order chi connectivity index (χ0) is 36.6. The third-order valence-corrected chi connectivity index (χ3v) is 22.5. The molecule has 0 N–H and O–H groups in total. The Morgan fingerprint density at radius 1 is 0.875 bits per heavy atom. The highest BCUT2D eigenvalue weighted by Gasteiger charge is 2.46. The quantitative estimate of drug-likeness (QED) is 0.135. The molecule has 0 unspecified atom stereocenters. The van der Waals surface area contributed by atoms with Crippen LogP contribution in [0.15, 0.2) is 34.9 Å². The van der Waals surface area contributed by atoms with Gasteiger partial charge in [0.05, 0.1) is 12.2 Å². The molecular weight excluding hydrogens is 637 g/mol. The largest absolute Gasteiger partial charge is 0.414 e. The van der Waals surface area contributed by atoms with E-state index in [1.165, 1.54) is 37.7 Å². The summed E-state index contributed by atoms with van der Waals surface area (Å²) in [7, 11) is -5.43. The summed E-state index contributed by atoms with van der Waals surface area (Å²) in [5.41, 5.74) is 4.68. The highest BCUT2D eigenvalue weighted by molar-refractivity contribution is 6.74. The van der Waals surface area contributed by atoms with Gasteiger partial charge in [0.25, 0.3) is 0 Å². The highest BCUT2D eigenvalue weighted by atomic mass is 28.4. The van der Waals surface area contributed by atoms with E-state index in [2.05, 4.69) is 145 Å². The lowest BCUT2D eigenvalue weighted by Crippen LogP contribution is -2.48. The molecule has 6 heteroatoms. The summed E-state index contributed by atoms with van der Waals surface area (Å²) in [5.74, 6) is 8.13. The molecule has 0 aromatic heterocycles. The highest BCUT2D eigenvalue weighted by Crippen LogP contribution is 2.55. The van der Waals surface area contributed by atoms with Crippen LogP contribution < -0.4 is 0 Å². The second kappa shape index (κ2) is 15.1. The van der Waals surface area contributed by atoms with Crippen LogP contribution in [-0.2, 0) is 13.3 Å². The maximum Gasteiger partial charge on any atom is 0.192 e. The summed E-state index contributed by atoms with van der Waals surface area (Å²) < 4.78 is 20.6. The van der Waals surface area contributed by atoms with E-state index in [4.69, 9.17) is 13.3 Å². The fourth-order valence-corrected chi connectivity index (χ4v) is 12.4. The van der Waals surface area contributed by atoms with Crippen molar-refractivity contribution in [3.63, 3.8) is 0 Å². The van der Waals surface area contributed by atoms with Crippen molar-refractivity contribution in [1.29, 1.82) is 0 Å². The molecule has 3 aliphatic rings. The first-order valence-electron chi connectivity index (χ1n) is 19.3. The fraction of sp³-hybridized carbons (Fsp3) is 0.810. The first-order chi connectivity index (χ1) is 21.7. The van der Waals surface area contributed by atoms with Gasteiger partial charge in [-0.2, -0.15) is 0 Å². The van der Waals surface area contributed by atoms with Gasteiger partial charge in [-0.25, -0.2) is 0 Å². The molecule has 48 heavy (non-hydrogen) atoms. The second-order valence-electron chi connectivity index (χ2n) is 20.4. The Morgan fingerprint density at radius 3 is 1.92 bits per heavy atom. The van der Waals surface area contributed by atoms with E-state index < -0.39 is 25.0 Å². The van der Waals surface area contributed by atoms with Crippen molar-refractivity contribution in [3.8, 4) is 11.8 Å². The van der Waals surface area contributed by atoms with Crippen molar-refractivity contribution in [1.82, 2.24) is 0 Å². The fourth-order valence-electron chi connectivity index (χ4n) is 8.04. The minimum atomic E-state index is -1.89. The van der Waals surface area contributed by atoms with Crippen LogP contribution in [-0.4, -0.2) is 42.8 Å². The lowest BCUT2D eigenvalue weighted by Gasteiger charge is -2.49. The Kier molecular flexibility index (Phi) is 13.1. The minimum absolute atomic E-state index is 0.200. The molecule has 2 saturated carbocycles. The van der Waals surface area contributed by atoms with Crippen LogP contribution in [0.5, 0.6) is 0 Å². The molecule has 3 rings (SSSR count). The molecule has 3 aliphatic carbocycles. The number of allylic oxidation sites excluding steroid dienone is 5. The molecule has 3 nitrogen and oxygen atoms in total. The molecule has 0 spiro atoms. The monoisotopic (exact) mass is 713 g/mol. The standard InChI is InChI=1S/C42H76O3Si3/c1-32(21-19-27-41(8,9)45-46(11,12)13)37-23-18-24-38-34(22-20-28-42(37,38)10)26-25-33-29-35(43-47(14,15)39(2,3)4)31-36(30-33)44-48(16,17)40(5,6)7/h23,25-26,32,35-36,38H,18,20-22,24,28-31H2,1-17H3/t32-,35-,36-,38+,42-/m1/s1. The Balaban J connectivity index is 1.85. The van der Waals surface area contributed by atoms with Crippen LogP contribution in [0.2, 0.25) is 55.9 Å². The third kappa shape index (κ3) is 10.9. The average molecular weight is 713 g/mol. The van der Waals surface area contributed by atoms with Gasteiger partial charge in [0.2, 0.25) is 0 Å². The van der Waals surface area contributed by atoms with Gasteiger partial charge < -0.3 is 13.3 Å². The van der Waals surface area contributed by atoms with Gasteiger partial charge in [0.1, 0.15) is 5.60 Å². The molecule has 0 aromatic rings. The predicted octanol–water partition coefficient (Wildman–Crippen LogP) is 13.0. The third-order valence-electron chi connectivity index (χ3n) is 12.3. The molecular formula is C42H76O3Si3. The number of rotatable bonds is 9. The van der Waals surface area contributed by atoms with Crippen LogP contribution in [0.1, 0.15) is 127 Å². The smallest absolute Gasteiger partial charge is 0.192 e. The van der Waals surface area contributed by atoms with Gasteiger partial charge >= 0.3 is 0 Å². The summed E-state index contributed by atoms with van der Waals surface area (Å²) in [6, 6.07) is 0. The van der Waals surface area contributed by atoms with Crippen molar-refractivity contribution in [3.05, 3.63) is 34.9 Å². The summed E-state index contributed by atoms with van der Waals surface area (Å²) >= 11 is 0. The molecule has 0 bridgehead atoms. The van der Waals surface area contributed by atoms with Crippen LogP contribution in [0.4, 0.5) is 0 Å². The molecule has 5 atom stereocenters. The van der Waals surface area contributed by atoms with E-state index in [1.807, 2.05) is 0 Å². The van der Waals surface area contributed by atoms with Crippen molar-refractivity contribution in [2.45, 2.75) is 201 Å². The maximum absolute atomic E-state index is 7.10. The lowest BCUT2D eigenvalue weighted by molar-refractivity contribution is 0.0725. The van der Waals surface area contributed by atoms with Gasteiger partial charge in [-0.05, 0) is 138 Å². The van der Waals surface area contributed by atoms with E-state index in [1.54, 1.807) is 11.1 Å². The van der Waals surface area contributed by atoms with Crippen LogP contribution in [0.3, 0.4) is 0 Å². The zero-order valence-corrected chi connectivity index (χ0v) is 37.6. The van der Waals surface area contributed by atoms with E-state index in [0.717, 1.165) is 25.7 Å². The van der Waals surface area contributed by atoms with Crippen molar-refractivity contribution >= 4 is 25.0 Å². The summed E-state index contributed by atoms with van der Waals surface area (Å²) in [6.45, 7) is 39.7. The van der Waals surface area contributed by atoms with Crippen LogP contribution in [0.25, 0.3) is 0 Å². The molecule has 0 saturated heterocycles. The van der Waals surface area contributed by atoms with Gasteiger partial charge in [-0.1, -0.05) is 102 Å². The Bertz CT molecular complexity index is 1230. The molecule has 0 aromatic carbocycles. The molecule has 0 aliphatic heterocycles. The minimum Gasteiger partial charge on any atom is -0.414 e. The molecule has 274 valence electrons. The van der Waals surface area contributed by atoms with Gasteiger partial charge in [0, 0.05) is 6.42 Å². The topological polar surface area (TPSA) is 27.7 Å². The Morgan fingerprint density at radius 2 is 1.42 bits per heavy atom. The summed E-state index contributed by atoms with van der Waals surface area (Å²) in [5, 5.41) is 0.400. The summed E-state index contributed by atoms with van der Waals surface area (Å²) in [6.07, 6.45) is 18.3. The van der Waals surface area contributed by atoms with Crippen LogP contribution in [0, 0.1) is 29.1 Å². The van der Waals surface area contributed by atoms with E-state index in [9.17, 15) is 0 Å². The van der Waals surface area contributed by atoms with Gasteiger partial charge in [-0.15, -0.1) is 0 Å². The Labute approximate surface area is 301 Å². The first kappa shape index (κ1) is 41.7. The van der Waals surface area contributed by atoms with Crippen molar-refractivity contribution in [2.24, 2.45) is 17.3 Å². The SMILES string of the molecule is C[C@H](CC#CC(C)(C)O[Si](C)(C)C)C1=CCC[C@H]2C(=CC=C3C[C@@H](O[Si](C)(C)C(C)(C)C)C[C@H](O[Si](C)(C)C(C)(C)C)C3)CCC[C@]12C. The average Bonchev–Trinajstić information content (AvgIpc) is 2.87. The lowest BCUT2D eigenvalue weighted by atomic mass is 9.55. The van der Waals surface area contributed by atoms with E-state index in [0.29, 0.717) is 11.8 Å². The Hall–Kier alpha value is -0.689. The predicted molar refractivity (Wildman–Crippen MR) is 217 cm³/mol. The van der Waals surface area contributed by atoms with Gasteiger partial charge in [-0.3, -0.25) is 0 Å². The summed E-state index contributed by atoms with van der Waals surface area (Å²) in [4.78, 5) is 0. The number of fused-ring (bicyclic) bond motifs is 1. The molecule has 2 fully saturated rings. The number of hydrogen-bond donors (Lipinski definition) is 0. The van der Waals surface area contributed by atoms with Crippen molar-refractivity contribution < 1.29 is 13.3 Å². The van der Waals surface area contributed by atoms with Gasteiger partial charge in [0.15, 0.2) is 25.0 Å².